The van der Waals surface area contributed by atoms with Crippen LogP contribution in [0.5, 0.6) is 0 Å². The number of nitrogens with zero attached hydrogens (tertiary/aromatic N) is 2. The van der Waals surface area contributed by atoms with Gasteiger partial charge >= 0.3 is 17.9 Å². The lowest BCUT2D eigenvalue weighted by molar-refractivity contribution is -0.137. The van der Waals surface area contributed by atoms with Crippen LogP contribution in [0.15, 0.2) is 8.83 Å². The zero-order valence-electron chi connectivity index (χ0n) is 32.1. The molecule has 0 amide bonds. The summed E-state index contributed by atoms with van der Waals surface area (Å²) in [6, 6.07) is 0. The summed E-state index contributed by atoms with van der Waals surface area (Å²) in [6.45, 7) is 9.18. The lowest BCUT2D eigenvalue weighted by Gasteiger charge is -2.23. The fourth-order valence-electron chi connectivity index (χ4n) is 7.38. The quantitative estimate of drug-likeness (QED) is 0.165. The Morgan fingerprint density at radius 3 is 1.45 bits per heavy atom. The summed E-state index contributed by atoms with van der Waals surface area (Å²) in [6.07, 6.45) is 19.5. The summed E-state index contributed by atoms with van der Waals surface area (Å²) >= 11 is 0. The lowest BCUT2D eigenvalue weighted by atomic mass is 9.82. The molecule has 286 valence electrons. The van der Waals surface area contributed by atoms with Crippen molar-refractivity contribution in [1.82, 2.24) is 9.97 Å². The van der Waals surface area contributed by atoms with Crippen LogP contribution < -0.4 is 0 Å². The molecule has 0 unspecified atom stereocenters. The van der Waals surface area contributed by atoms with Crippen molar-refractivity contribution in [3.05, 3.63) is 34.7 Å². The van der Waals surface area contributed by atoms with Crippen LogP contribution in [0.2, 0.25) is 0 Å². The molecule has 2 fully saturated rings. The van der Waals surface area contributed by atoms with E-state index in [0.717, 1.165) is 37.5 Å². The summed E-state index contributed by atoms with van der Waals surface area (Å²) in [7, 11) is 2.62. The van der Waals surface area contributed by atoms with Crippen LogP contribution in [-0.4, -0.2) is 53.0 Å². The van der Waals surface area contributed by atoms with E-state index in [2.05, 4.69) is 14.7 Å². The third-order valence-corrected chi connectivity index (χ3v) is 10.6. The molecule has 0 aliphatic heterocycles. The largest absolute Gasteiger partial charge is 0.481 e. The van der Waals surface area contributed by atoms with Crippen LogP contribution in [0, 0.1) is 31.1 Å². The van der Waals surface area contributed by atoms with Gasteiger partial charge in [-0.05, 0) is 38.5 Å². The zero-order chi connectivity index (χ0) is 37.6. The molecule has 11 heteroatoms. The van der Waals surface area contributed by atoms with Gasteiger partial charge < -0.3 is 23.4 Å². The number of hydrogen-bond donors (Lipinski definition) is 1. The fraction of sp³-hybridized carbons (Fsp3) is 0.750. The number of carbonyl (C=O) groups excluding carboxylic acids is 3. The predicted octanol–water partition coefficient (Wildman–Crippen LogP) is 9.69. The van der Waals surface area contributed by atoms with Gasteiger partial charge in [0.2, 0.25) is 0 Å². The van der Waals surface area contributed by atoms with Gasteiger partial charge in [0.25, 0.3) is 0 Å². The van der Waals surface area contributed by atoms with E-state index in [9.17, 15) is 19.2 Å². The minimum atomic E-state index is -0.881. The van der Waals surface area contributed by atoms with E-state index >= 15 is 0 Å². The summed E-state index contributed by atoms with van der Waals surface area (Å²) in [4.78, 5) is 55.9. The van der Waals surface area contributed by atoms with Crippen LogP contribution in [0.4, 0.5) is 0 Å². The Kier molecular flexibility index (Phi) is 16.9. The van der Waals surface area contributed by atoms with Crippen molar-refractivity contribution in [3.8, 4) is 0 Å². The number of Topliss-reactive ketones (excluding diaryl/α,β-unsaturated/α-hetero) is 1. The molecule has 2 aromatic rings. The van der Waals surface area contributed by atoms with Crippen molar-refractivity contribution in [2.24, 2.45) is 17.3 Å². The molecule has 2 heterocycles. The molecule has 2 saturated carbocycles. The molecule has 0 bridgehead atoms. The van der Waals surface area contributed by atoms with Gasteiger partial charge in [-0.1, -0.05) is 111 Å². The highest BCUT2D eigenvalue weighted by molar-refractivity contribution is 5.88. The highest BCUT2D eigenvalue weighted by atomic mass is 16.5. The Hall–Kier alpha value is -3.50. The standard InChI is InChI=1S/C22H35NO4.C18H27NO5/c1-15-19(21(25)26-5)23-20(27-15)17(14-18(24)22(2,3)4)13-9-12-16-10-7-6-8-11-16;1-12-16(18(22)23-2)19-17(24-12)14(11-15(20)21)10-6-9-13-7-4-3-5-8-13/h16-17H,6-14H2,1-5H3;13-14H,3-11H2,1-2H3,(H,20,21)/t17-;14-/m11/s1. The zero-order valence-corrected chi connectivity index (χ0v) is 32.1. The van der Waals surface area contributed by atoms with Crippen molar-refractivity contribution >= 4 is 23.7 Å². The van der Waals surface area contributed by atoms with Crippen LogP contribution in [0.3, 0.4) is 0 Å². The summed E-state index contributed by atoms with van der Waals surface area (Å²) in [5.41, 5.74) is -0.0443. The molecule has 2 aliphatic rings. The van der Waals surface area contributed by atoms with Gasteiger partial charge in [-0.25, -0.2) is 19.6 Å². The number of carboxylic acid groups (broad SMARTS) is 1. The molecule has 2 atom stereocenters. The molecule has 51 heavy (non-hydrogen) atoms. The van der Waals surface area contributed by atoms with E-state index in [0.29, 0.717) is 36.1 Å². The van der Waals surface area contributed by atoms with Gasteiger partial charge in [-0.2, -0.15) is 0 Å². The SMILES string of the molecule is COC(=O)c1nc([C@H](CCCC2CCCCC2)CC(=O)C(C)(C)C)oc1C.COC(=O)c1nc([C@H](CCCC2CCCCC2)CC(=O)O)oc1C. The maximum Gasteiger partial charge on any atom is 0.360 e. The number of hydrogen-bond acceptors (Lipinski definition) is 10. The average molecular weight is 715 g/mol. The van der Waals surface area contributed by atoms with Crippen molar-refractivity contribution in [2.45, 2.75) is 162 Å². The first-order valence-electron chi connectivity index (χ1n) is 19.1. The number of oxazole rings is 2. The number of aliphatic carboxylic acids is 1. The molecular formula is C40H62N2O9. The number of aryl methyl sites for hydroxylation is 2. The van der Waals surface area contributed by atoms with Gasteiger partial charge in [0, 0.05) is 23.7 Å². The first kappa shape index (κ1) is 41.9. The maximum absolute atomic E-state index is 12.6. The highest BCUT2D eigenvalue weighted by Gasteiger charge is 2.30. The Bertz CT molecular complexity index is 1410. The Morgan fingerprint density at radius 2 is 1.10 bits per heavy atom. The second-order valence-electron chi connectivity index (χ2n) is 15.6. The van der Waals surface area contributed by atoms with Crippen molar-refractivity contribution in [1.29, 1.82) is 0 Å². The molecule has 0 radical (unpaired) electrons. The summed E-state index contributed by atoms with van der Waals surface area (Å²) in [5.74, 6) is 1.11. The number of carbonyl (C=O) groups is 4. The van der Waals surface area contributed by atoms with Crippen LogP contribution in [0.25, 0.3) is 0 Å². The van der Waals surface area contributed by atoms with Crippen LogP contribution in [-0.2, 0) is 19.1 Å². The van der Waals surface area contributed by atoms with E-state index in [4.69, 9.17) is 18.7 Å². The number of ketones is 1. The second kappa shape index (κ2) is 20.5. The lowest BCUT2D eigenvalue weighted by Crippen LogP contribution is -2.22. The van der Waals surface area contributed by atoms with Gasteiger partial charge in [0.15, 0.2) is 23.2 Å². The average Bonchev–Trinajstić information content (AvgIpc) is 3.69. The fourth-order valence-corrected chi connectivity index (χ4v) is 7.38. The number of aromatic nitrogens is 2. The van der Waals surface area contributed by atoms with Gasteiger partial charge in [0.05, 0.1) is 20.6 Å². The predicted molar refractivity (Wildman–Crippen MR) is 193 cm³/mol. The van der Waals surface area contributed by atoms with Gasteiger partial charge in [0.1, 0.15) is 17.3 Å². The van der Waals surface area contributed by atoms with E-state index in [1.165, 1.54) is 84.8 Å². The third-order valence-electron chi connectivity index (χ3n) is 10.6. The van der Waals surface area contributed by atoms with E-state index in [-0.39, 0.29) is 35.4 Å². The third kappa shape index (κ3) is 13.5. The maximum atomic E-state index is 12.6. The normalized spacial score (nSPS) is 16.8. The Morgan fingerprint density at radius 1 is 0.706 bits per heavy atom. The van der Waals surface area contributed by atoms with E-state index < -0.39 is 23.3 Å². The minimum absolute atomic E-state index is 0.0365. The first-order chi connectivity index (χ1) is 24.2. The van der Waals surface area contributed by atoms with Gasteiger partial charge in [-0.15, -0.1) is 0 Å². The second-order valence-corrected chi connectivity index (χ2v) is 15.6. The number of carboxylic acids is 1. The van der Waals surface area contributed by atoms with Gasteiger partial charge in [-0.3, -0.25) is 9.59 Å². The number of ether oxygens (including phenoxy) is 2. The molecule has 2 aromatic heterocycles. The topological polar surface area (TPSA) is 159 Å². The van der Waals surface area contributed by atoms with Crippen molar-refractivity contribution in [3.63, 3.8) is 0 Å². The summed E-state index contributed by atoms with van der Waals surface area (Å²) in [5, 5.41) is 9.16. The molecule has 1 N–H and O–H groups in total. The monoisotopic (exact) mass is 714 g/mol. The molecule has 0 spiro atoms. The Balaban J connectivity index is 0.000000277. The molecule has 4 rings (SSSR count). The van der Waals surface area contributed by atoms with E-state index in [1.807, 2.05) is 20.8 Å². The highest BCUT2D eigenvalue weighted by Crippen LogP contribution is 2.35. The van der Waals surface area contributed by atoms with Crippen molar-refractivity contribution < 1.29 is 42.6 Å². The smallest absolute Gasteiger partial charge is 0.360 e. The molecule has 0 aromatic carbocycles. The van der Waals surface area contributed by atoms with Crippen molar-refractivity contribution in [2.75, 3.05) is 14.2 Å². The van der Waals surface area contributed by atoms with Crippen LogP contribution >= 0.6 is 0 Å². The molecule has 0 saturated heterocycles. The van der Waals surface area contributed by atoms with E-state index in [1.54, 1.807) is 13.8 Å². The number of esters is 2. The molecule has 11 nitrogen and oxygen atoms in total. The summed E-state index contributed by atoms with van der Waals surface area (Å²) < 4.78 is 20.8. The molecule has 2 aliphatic carbocycles. The Labute approximate surface area is 304 Å². The number of rotatable bonds is 16. The minimum Gasteiger partial charge on any atom is -0.481 e. The van der Waals surface area contributed by atoms with Crippen LogP contribution in [0.1, 0.15) is 192 Å². The first-order valence-corrected chi connectivity index (χ1v) is 19.1. The molecular weight excluding hydrogens is 652 g/mol. The number of methoxy groups -OCH3 is 2.